The van der Waals surface area contributed by atoms with Gasteiger partial charge in [-0.05, 0) is 6.07 Å². The molecule has 0 bridgehead atoms. The molecule has 7 nitrogen and oxygen atoms in total. The summed E-state index contributed by atoms with van der Waals surface area (Å²) in [5.41, 5.74) is -1.04. The predicted octanol–water partition coefficient (Wildman–Crippen LogP) is 2.76. The Bertz CT molecular complexity index is 804. The number of rotatable bonds is 4. The molecule has 140 valence electrons. The molecule has 0 amide bonds. The fraction of sp³-hybridized carbons (Fsp3) is 0.400. The summed E-state index contributed by atoms with van der Waals surface area (Å²) in [6.45, 7) is 2.50. The molecule has 0 radical (unpaired) electrons. The van der Waals surface area contributed by atoms with E-state index in [2.05, 4.69) is 9.97 Å². The van der Waals surface area contributed by atoms with Gasteiger partial charge in [-0.15, -0.1) is 0 Å². The molecule has 2 aromatic rings. The van der Waals surface area contributed by atoms with Crippen molar-refractivity contribution in [1.29, 1.82) is 0 Å². The van der Waals surface area contributed by atoms with Gasteiger partial charge in [0, 0.05) is 32.4 Å². The number of nitrogens with zero attached hydrogens (tertiary/aromatic N) is 4. The number of carbonyl (C=O) groups is 1. The molecule has 1 aliphatic rings. The Morgan fingerprint density at radius 2 is 2.00 bits per heavy atom. The lowest BCUT2D eigenvalue weighted by atomic mass is 10.2. The topological polar surface area (TPSA) is 82.7 Å². The second-order valence-electron chi connectivity index (χ2n) is 5.72. The van der Waals surface area contributed by atoms with Crippen LogP contribution in [-0.4, -0.2) is 52.1 Å². The highest BCUT2D eigenvalue weighted by atomic mass is 35.5. The van der Waals surface area contributed by atoms with Gasteiger partial charge in [0.25, 0.3) is 0 Å². The zero-order valence-electron chi connectivity index (χ0n) is 13.3. The molecule has 2 aromatic heterocycles. The second kappa shape index (κ2) is 7.12. The highest BCUT2D eigenvalue weighted by molar-refractivity contribution is 6.33. The van der Waals surface area contributed by atoms with Crippen LogP contribution in [0.4, 0.5) is 19.0 Å². The van der Waals surface area contributed by atoms with Crippen molar-refractivity contribution in [3.63, 3.8) is 0 Å². The van der Waals surface area contributed by atoms with Crippen molar-refractivity contribution in [2.45, 2.75) is 12.7 Å². The molecule has 11 heteroatoms. The molecular formula is C15H14ClF3N4O3. The Balaban J connectivity index is 1.60. The second-order valence-corrected chi connectivity index (χ2v) is 6.13. The minimum absolute atomic E-state index is 0.0490. The number of carboxylic acid groups (broad SMARTS) is 1. The Labute approximate surface area is 151 Å². The van der Waals surface area contributed by atoms with Gasteiger partial charge < -0.3 is 14.4 Å². The zero-order valence-corrected chi connectivity index (χ0v) is 14.1. The monoisotopic (exact) mass is 390 g/mol. The summed E-state index contributed by atoms with van der Waals surface area (Å²) < 4.78 is 43.2. The number of hydrogen-bond acceptors (Lipinski definition) is 6. The maximum atomic E-state index is 12.7. The summed E-state index contributed by atoms with van der Waals surface area (Å²) in [7, 11) is 0. The van der Waals surface area contributed by atoms with Crippen LogP contribution in [0.15, 0.2) is 22.9 Å². The molecule has 1 saturated heterocycles. The first kappa shape index (κ1) is 18.5. The zero-order chi connectivity index (χ0) is 18.9. The Morgan fingerprint density at radius 3 is 2.54 bits per heavy atom. The third-order valence-corrected chi connectivity index (χ3v) is 4.23. The van der Waals surface area contributed by atoms with Gasteiger partial charge in [0.05, 0.1) is 17.1 Å². The van der Waals surface area contributed by atoms with E-state index in [9.17, 15) is 18.0 Å². The Kier molecular flexibility index (Phi) is 5.05. The minimum Gasteiger partial charge on any atom is -0.476 e. The molecule has 1 aliphatic heterocycles. The first-order valence-electron chi connectivity index (χ1n) is 7.62. The summed E-state index contributed by atoms with van der Waals surface area (Å²) in [6, 6.07) is 0.871. The van der Waals surface area contributed by atoms with Crippen molar-refractivity contribution in [1.82, 2.24) is 14.9 Å². The molecular weight excluding hydrogens is 377 g/mol. The Hall–Kier alpha value is -2.33. The van der Waals surface area contributed by atoms with E-state index in [1.807, 2.05) is 4.90 Å². The lowest BCUT2D eigenvalue weighted by molar-refractivity contribution is -0.137. The summed E-state index contributed by atoms with van der Waals surface area (Å²) in [4.78, 5) is 22.3. The van der Waals surface area contributed by atoms with E-state index in [4.69, 9.17) is 21.1 Å². The maximum Gasteiger partial charge on any atom is 0.417 e. The standard InChI is InChI=1S/C15H14ClF3N4O3/c16-10-5-9(15(17,18)19)6-20-13(10)23-3-1-22(2-4-23)7-12-21-11(8-26-12)14(24)25/h5-6,8H,1-4,7H2,(H,24,25). The number of hydrogen-bond donors (Lipinski definition) is 1. The third kappa shape index (κ3) is 4.07. The van der Waals surface area contributed by atoms with Crippen LogP contribution < -0.4 is 4.90 Å². The number of pyridine rings is 1. The van der Waals surface area contributed by atoms with Crippen LogP contribution in [0.2, 0.25) is 5.02 Å². The molecule has 0 atom stereocenters. The number of oxazole rings is 1. The van der Waals surface area contributed by atoms with Crippen LogP contribution in [0.3, 0.4) is 0 Å². The summed E-state index contributed by atoms with van der Waals surface area (Å²) in [5, 5.41) is 8.78. The largest absolute Gasteiger partial charge is 0.476 e. The number of aromatic carboxylic acids is 1. The fourth-order valence-corrected chi connectivity index (χ4v) is 2.90. The van der Waals surface area contributed by atoms with Crippen LogP contribution in [0.5, 0.6) is 0 Å². The summed E-state index contributed by atoms with van der Waals surface area (Å²) in [6.07, 6.45) is -2.63. The van der Waals surface area contributed by atoms with Crippen molar-refractivity contribution >= 4 is 23.4 Å². The van der Waals surface area contributed by atoms with Crippen molar-refractivity contribution < 1.29 is 27.5 Å². The average molecular weight is 391 g/mol. The molecule has 3 rings (SSSR count). The van der Waals surface area contributed by atoms with Gasteiger partial charge >= 0.3 is 12.1 Å². The van der Waals surface area contributed by atoms with E-state index in [1.54, 1.807) is 4.90 Å². The molecule has 1 N–H and O–H groups in total. The van der Waals surface area contributed by atoms with Crippen LogP contribution in [-0.2, 0) is 12.7 Å². The van der Waals surface area contributed by atoms with Gasteiger partial charge in [-0.1, -0.05) is 11.6 Å². The molecule has 0 aromatic carbocycles. The van der Waals surface area contributed by atoms with Gasteiger partial charge in [-0.2, -0.15) is 13.2 Å². The summed E-state index contributed by atoms with van der Waals surface area (Å²) >= 11 is 5.97. The van der Waals surface area contributed by atoms with E-state index in [0.717, 1.165) is 18.5 Å². The predicted molar refractivity (Wildman–Crippen MR) is 85.2 cm³/mol. The SMILES string of the molecule is O=C(O)c1coc(CN2CCN(c3ncc(C(F)(F)F)cc3Cl)CC2)n1. The van der Waals surface area contributed by atoms with E-state index in [0.29, 0.717) is 44.4 Å². The van der Waals surface area contributed by atoms with Gasteiger partial charge in [-0.25, -0.2) is 14.8 Å². The van der Waals surface area contributed by atoms with Crippen molar-refractivity contribution in [2.75, 3.05) is 31.1 Å². The maximum absolute atomic E-state index is 12.7. The quantitative estimate of drug-likeness (QED) is 0.859. The summed E-state index contributed by atoms with van der Waals surface area (Å²) in [5.74, 6) is -0.557. The number of carboxylic acids is 1. The van der Waals surface area contributed by atoms with Crippen LogP contribution >= 0.6 is 11.6 Å². The van der Waals surface area contributed by atoms with Crippen molar-refractivity contribution in [3.8, 4) is 0 Å². The molecule has 0 spiro atoms. The van der Waals surface area contributed by atoms with E-state index < -0.39 is 17.7 Å². The Morgan fingerprint density at radius 1 is 1.31 bits per heavy atom. The van der Waals surface area contributed by atoms with E-state index in [1.165, 1.54) is 0 Å². The molecule has 0 saturated carbocycles. The van der Waals surface area contributed by atoms with Crippen LogP contribution in [0, 0.1) is 0 Å². The number of piperazine rings is 1. The number of anilines is 1. The van der Waals surface area contributed by atoms with Crippen LogP contribution in [0.1, 0.15) is 21.9 Å². The van der Waals surface area contributed by atoms with Gasteiger partial charge in [0.1, 0.15) is 12.1 Å². The number of aromatic nitrogens is 2. The highest BCUT2D eigenvalue weighted by Crippen LogP contribution is 2.33. The van der Waals surface area contributed by atoms with Crippen LogP contribution in [0.25, 0.3) is 0 Å². The first-order valence-corrected chi connectivity index (χ1v) is 7.99. The third-order valence-electron chi connectivity index (χ3n) is 3.95. The van der Waals surface area contributed by atoms with Gasteiger partial charge in [0.15, 0.2) is 5.69 Å². The lowest BCUT2D eigenvalue weighted by Crippen LogP contribution is -2.46. The molecule has 3 heterocycles. The first-order chi connectivity index (χ1) is 12.2. The lowest BCUT2D eigenvalue weighted by Gasteiger charge is -2.35. The molecule has 0 aliphatic carbocycles. The van der Waals surface area contributed by atoms with Gasteiger partial charge in [0.2, 0.25) is 5.89 Å². The van der Waals surface area contributed by atoms with E-state index in [-0.39, 0.29) is 10.7 Å². The van der Waals surface area contributed by atoms with E-state index >= 15 is 0 Å². The highest BCUT2D eigenvalue weighted by Gasteiger charge is 2.32. The normalized spacial score (nSPS) is 16.1. The molecule has 1 fully saturated rings. The smallest absolute Gasteiger partial charge is 0.417 e. The average Bonchev–Trinajstić information content (AvgIpc) is 3.04. The fourth-order valence-electron chi connectivity index (χ4n) is 2.61. The van der Waals surface area contributed by atoms with Crippen molar-refractivity contribution in [2.24, 2.45) is 0 Å². The molecule has 26 heavy (non-hydrogen) atoms. The number of alkyl halides is 3. The van der Waals surface area contributed by atoms with Gasteiger partial charge in [-0.3, -0.25) is 4.90 Å². The molecule has 0 unspecified atom stereocenters. The van der Waals surface area contributed by atoms with Crippen molar-refractivity contribution in [3.05, 3.63) is 40.7 Å². The minimum atomic E-state index is -4.49. The number of halogens is 4.